The lowest BCUT2D eigenvalue weighted by atomic mass is 9.84. The molecule has 4 atom stereocenters. The molecule has 2 saturated carbocycles. The molecule has 0 aromatic heterocycles. The summed E-state index contributed by atoms with van der Waals surface area (Å²) >= 11 is 0. The Labute approximate surface area is 176 Å². The molecule has 2 fully saturated rings. The molecule has 4 N–H and O–H groups in total. The van der Waals surface area contributed by atoms with E-state index >= 15 is 0 Å². The zero-order chi connectivity index (χ0) is 19.5. The van der Waals surface area contributed by atoms with E-state index in [1.165, 1.54) is 0 Å². The second-order valence-corrected chi connectivity index (χ2v) is 7.66. The number of hydrogen-bond acceptors (Lipinski definition) is 4. The number of carbonyl (C=O) groups excluding carboxylic acids is 2. The Kier molecular flexibility index (Phi) is 6.77. The van der Waals surface area contributed by atoms with Gasteiger partial charge in [0.1, 0.15) is 5.75 Å². The molecular formula is C22H26ClN3O3. The van der Waals surface area contributed by atoms with E-state index < -0.39 is 0 Å². The van der Waals surface area contributed by atoms with Gasteiger partial charge in [0.25, 0.3) is 5.91 Å². The molecule has 0 saturated heterocycles. The third kappa shape index (κ3) is 4.89. The largest absolute Gasteiger partial charge is 0.484 e. The van der Waals surface area contributed by atoms with Crippen molar-refractivity contribution >= 4 is 35.6 Å². The molecule has 4 unspecified atom stereocenters. The maximum absolute atomic E-state index is 12.7. The van der Waals surface area contributed by atoms with E-state index in [4.69, 9.17) is 10.5 Å². The van der Waals surface area contributed by atoms with Crippen LogP contribution in [0.1, 0.15) is 19.3 Å². The second kappa shape index (κ2) is 9.29. The Morgan fingerprint density at radius 1 is 0.966 bits per heavy atom. The van der Waals surface area contributed by atoms with Gasteiger partial charge in [0, 0.05) is 23.5 Å². The Morgan fingerprint density at radius 2 is 1.69 bits per heavy atom. The predicted octanol–water partition coefficient (Wildman–Crippen LogP) is 3.44. The average molecular weight is 416 g/mol. The van der Waals surface area contributed by atoms with Crippen molar-refractivity contribution in [1.29, 1.82) is 0 Å². The molecule has 29 heavy (non-hydrogen) atoms. The number of para-hydroxylation sites is 1. The van der Waals surface area contributed by atoms with Crippen molar-refractivity contribution in [1.82, 2.24) is 0 Å². The highest BCUT2D eigenvalue weighted by atomic mass is 35.5. The van der Waals surface area contributed by atoms with Crippen molar-refractivity contribution in [3.8, 4) is 5.75 Å². The van der Waals surface area contributed by atoms with Gasteiger partial charge in [0.2, 0.25) is 5.91 Å². The monoisotopic (exact) mass is 415 g/mol. The van der Waals surface area contributed by atoms with Gasteiger partial charge in [-0.25, -0.2) is 0 Å². The number of nitrogens with one attached hydrogen (secondary N) is 2. The molecule has 2 bridgehead atoms. The minimum atomic E-state index is -0.242. The van der Waals surface area contributed by atoms with Crippen LogP contribution in [0.15, 0.2) is 54.6 Å². The zero-order valence-corrected chi connectivity index (χ0v) is 16.9. The third-order valence-corrected chi connectivity index (χ3v) is 5.81. The highest BCUT2D eigenvalue weighted by Crippen LogP contribution is 2.47. The second-order valence-electron chi connectivity index (χ2n) is 7.66. The van der Waals surface area contributed by atoms with E-state index in [0.717, 1.165) is 24.9 Å². The number of ether oxygens (including phenoxy) is 1. The van der Waals surface area contributed by atoms with Gasteiger partial charge < -0.3 is 21.1 Å². The molecule has 0 spiro atoms. The fourth-order valence-electron chi connectivity index (χ4n) is 4.48. The topological polar surface area (TPSA) is 93.5 Å². The Morgan fingerprint density at radius 3 is 2.41 bits per heavy atom. The van der Waals surface area contributed by atoms with Crippen LogP contribution in [-0.4, -0.2) is 24.5 Å². The van der Waals surface area contributed by atoms with Gasteiger partial charge in [-0.15, -0.1) is 12.4 Å². The summed E-state index contributed by atoms with van der Waals surface area (Å²) in [5.41, 5.74) is 7.64. The number of rotatable bonds is 6. The first-order valence-corrected chi connectivity index (χ1v) is 9.74. The van der Waals surface area contributed by atoms with Gasteiger partial charge in [-0.3, -0.25) is 9.59 Å². The molecule has 2 aromatic carbocycles. The molecule has 154 valence electrons. The van der Waals surface area contributed by atoms with Gasteiger partial charge in [-0.2, -0.15) is 0 Å². The summed E-state index contributed by atoms with van der Waals surface area (Å²) in [6, 6.07) is 16.3. The summed E-state index contributed by atoms with van der Waals surface area (Å²) in [6.45, 7) is -0.108. The lowest BCUT2D eigenvalue weighted by Crippen LogP contribution is -2.42. The summed E-state index contributed by atoms with van der Waals surface area (Å²) in [5.74, 6) is 1.05. The molecule has 7 heteroatoms. The van der Waals surface area contributed by atoms with E-state index in [1.54, 1.807) is 18.2 Å². The van der Waals surface area contributed by atoms with Crippen molar-refractivity contribution in [3.05, 3.63) is 54.6 Å². The van der Waals surface area contributed by atoms with Crippen LogP contribution in [0.25, 0.3) is 0 Å². The number of fused-ring (bicyclic) bond motifs is 2. The first kappa shape index (κ1) is 21.1. The van der Waals surface area contributed by atoms with Crippen molar-refractivity contribution in [2.24, 2.45) is 23.5 Å². The fraction of sp³-hybridized carbons (Fsp3) is 0.364. The van der Waals surface area contributed by atoms with Gasteiger partial charge in [0.05, 0.1) is 5.92 Å². The predicted molar refractivity (Wildman–Crippen MR) is 115 cm³/mol. The van der Waals surface area contributed by atoms with Crippen LogP contribution in [0.4, 0.5) is 11.4 Å². The van der Waals surface area contributed by atoms with E-state index in [-0.39, 0.29) is 42.8 Å². The molecular weight excluding hydrogens is 390 g/mol. The van der Waals surface area contributed by atoms with Crippen molar-refractivity contribution in [2.75, 3.05) is 17.2 Å². The normalized spacial score (nSPS) is 24.4. The lowest BCUT2D eigenvalue weighted by Gasteiger charge is -2.27. The summed E-state index contributed by atoms with van der Waals surface area (Å²) in [5, 5.41) is 5.74. The van der Waals surface area contributed by atoms with Crippen LogP contribution < -0.4 is 21.1 Å². The number of benzene rings is 2. The Bertz CT molecular complexity index is 859. The van der Waals surface area contributed by atoms with Gasteiger partial charge in [0.15, 0.2) is 6.61 Å². The summed E-state index contributed by atoms with van der Waals surface area (Å²) in [7, 11) is 0. The van der Waals surface area contributed by atoms with Crippen LogP contribution >= 0.6 is 12.4 Å². The van der Waals surface area contributed by atoms with Gasteiger partial charge in [-0.1, -0.05) is 24.3 Å². The average Bonchev–Trinajstić information content (AvgIpc) is 3.29. The quantitative estimate of drug-likeness (QED) is 0.673. The van der Waals surface area contributed by atoms with Gasteiger partial charge in [-0.05, 0) is 55.4 Å². The van der Waals surface area contributed by atoms with E-state index in [9.17, 15) is 9.59 Å². The standard InChI is InChI=1S/C22H25N3O3.ClH/c23-21-15-10-9-14(11-15)20(21)22(27)25-17-7-4-8-18(12-17)28-13-19(26)24-16-5-2-1-3-6-16;/h1-8,12,14-15,20-21H,9-11,13,23H2,(H,24,26)(H,25,27);1H. The van der Waals surface area contributed by atoms with E-state index in [0.29, 0.717) is 23.3 Å². The number of nitrogens with two attached hydrogens (primary N) is 1. The van der Waals surface area contributed by atoms with Crippen LogP contribution in [0.5, 0.6) is 5.75 Å². The molecule has 2 amide bonds. The van der Waals surface area contributed by atoms with E-state index in [2.05, 4.69) is 10.6 Å². The molecule has 0 aliphatic heterocycles. The summed E-state index contributed by atoms with van der Waals surface area (Å²) < 4.78 is 5.57. The van der Waals surface area contributed by atoms with Crippen LogP contribution in [0.3, 0.4) is 0 Å². The minimum Gasteiger partial charge on any atom is -0.484 e. The number of hydrogen-bond donors (Lipinski definition) is 3. The maximum atomic E-state index is 12.7. The van der Waals surface area contributed by atoms with Crippen LogP contribution in [-0.2, 0) is 9.59 Å². The number of anilines is 2. The molecule has 2 aromatic rings. The molecule has 0 radical (unpaired) electrons. The van der Waals surface area contributed by atoms with Crippen LogP contribution in [0, 0.1) is 17.8 Å². The fourth-order valence-corrected chi connectivity index (χ4v) is 4.48. The first-order chi connectivity index (χ1) is 13.6. The maximum Gasteiger partial charge on any atom is 0.262 e. The molecule has 6 nitrogen and oxygen atoms in total. The first-order valence-electron chi connectivity index (χ1n) is 9.74. The van der Waals surface area contributed by atoms with Crippen molar-refractivity contribution in [3.63, 3.8) is 0 Å². The Hall–Kier alpha value is -2.57. The molecule has 2 aliphatic carbocycles. The third-order valence-electron chi connectivity index (χ3n) is 5.81. The molecule has 0 heterocycles. The van der Waals surface area contributed by atoms with Crippen molar-refractivity contribution in [2.45, 2.75) is 25.3 Å². The lowest BCUT2D eigenvalue weighted by molar-refractivity contribution is -0.122. The molecule has 4 rings (SSSR count). The Balaban J connectivity index is 0.00000240. The number of amides is 2. The summed E-state index contributed by atoms with van der Waals surface area (Å²) in [6.07, 6.45) is 3.30. The summed E-state index contributed by atoms with van der Waals surface area (Å²) in [4.78, 5) is 24.7. The minimum absolute atomic E-state index is 0. The highest BCUT2D eigenvalue weighted by Gasteiger charge is 2.49. The highest BCUT2D eigenvalue weighted by molar-refractivity contribution is 5.94. The smallest absolute Gasteiger partial charge is 0.262 e. The molecule has 2 aliphatic rings. The van der Waals surface area contributed by atoms with Crippen LogP contribution in [0.2, 0.25) is 0 Å². The van der Waals surface area contributed by atoms with E-state index in [1.807, 2.05) is 36.4 Å². The number of carbonyl (C=O) groups is 2. The van der Waals surface area contributed by atoms with Crippen molar-refractivity contribution < 1.29 is 14.3 Å². The SMILES string of the molecule is Cl.NC1C2CCC(C2)C1C(=O)Nc1cccc(OCC(=O)Nc2ccccc2)c1. The van der Waals surface area contributed by atoms with Gasteiger partial charge >= 0.3 is 0 Å². The number of halogens is 1. The zero-order valence-electron chi connectivity index (χ0n) is 16.0.